The zero-order valence-corrected chi connectivity index (χ0v) is 9.69. The van der Waals surface area contributed by atoms with Crippen LogP contribution in [-0.4, -0.2) is 22.8 Å². The molecule has 1 rings (SSSR count). The molecule has 0 saturated carbocycles. The van der Waals surface area contributed by atoms with Crippen molar-refractivity contribution in [2.45, 2.75) is 13.0 Å². The van der Waals surface area contributed by atoms with Crippen LogP contribution in [0, 0.1) is 0 Å². The Labute approximate surface area is 95.6 Å². The molecule has 1 atom stereocenters. The fourth-order valence-corrected chi connectivity index (χ4v) is 1.47. The number of aliphatic hydroxyl groups excluding tert-OH is 1. The molecule has 0 fully saturated rings. The van der Waals surface area contributed by atoms with Gasteiger partial charge in [-0.25, -0.2) is 4.79 Å². The zero-order chi connectivity index (χ0) is 11.4. The van der Waals surface area contributed by atoms with Gasteiger partial charge in [0.05, 0.1) is 6.61 Å². The minimum Gasteiger partial charge on any atom is -0.508 e. The summed E-state index contributed by atoms with van der Waals surface area (Å²) in [6.45, 7) is 1.83. The molecule has 0 aliphatic heterocycles. The van der Waals surface area contributed by atoms with Gasteiger partial charge in [0.15, 0.2) is 6.10 Å². The minimum atomic E-state index is -1.46. The van der Waals surface area contributed by atoms with Gasteiger partial charge in [-0.15, -0.1) is 0 Å². The lowest BCUT2D eigenvalue weighted by Gasteiger charge is -2.11. The van der Waals surface area contributed by atoms with Crippen LogP contribution in [0.1, 0.15) is 18.6 Å². The molecule has 2 N–H and O–H groups in total. The van der Waals surface area contributed by atoms with Crippen molar-refractivity contribution in [1.29, 1.82) is 0 Å². The molecule has 1 aromatic rings. The Kier molecular flexibility index (Phi) is 4.11. The normalized spacial score (nSPS) is 12.2. The number of halogens is 1. The first kappa shape index (κ1) is 12.0. The maximum atomic E-state index is 11.2. The molecule has 82 valence electrons. The minimum absolute atomic E-state index is 0.128. The summed E-state index contributed by atoms with van der Waals surface area (Å²) in [5, 5.41) is 19.0. The molecule has 0 radical (unpaired) electrons. The first-order valence-corrected chi connectivity index (χ1v) is 5.18. The van der Waals surface area contributed by atoms with Gasteiger partial charge in [0, 0.05) is 10.0 Å². The van der Waals surface area contributed by atoms with Gasteiger partial charge in [-0.3, -0.25) is 0 Å². The molecule has 0 bridgehead atoms. The van der Waals surface area contributed by atoms with E-state index in [0.717, 1.165) is 0 Å². The van der Waals surface area contributed by atoms with Gasteiger partial charge in [0.2, 0.25) is 0 Å². The monoisotopic (exact) mass is 274 g/mol. The average molecular weight is 275 g/mol. The van der Waals surface area contributed by atoms with Gasteiger partial charge in [-0.05, 0) is 25.1 Å². The Morgan fingerprint density at radius 3 is 2.87 bits per heavy atom. The molecule has 1 unspecified atom stereocenters. The number of carbonyl (C=O) groups excluding carboxylic acids is 1. The number of aliphatic hydroxyl groups is 1. The van der Waals surface area contributed by atoms with E-state index in [1.165, 1.54) is 12.1 Å². The highest BCUT2D eigenvalue weighted by atomic mass is 79.9. The Bertz CT molecular complexity index is 364. The second-order valence-electron chi connectivity index (χ2n) is 2.86. The van der Waals surface area contributed by atoms with Crippen molar-refractivity contribution in [3.05, 3.63) is 28.2 Å². The summed E-state index contributed by atoms with van der Waals surface area (Å²) < 4.78 is 5.30. The number of benzene rings is 1. The van der Waals surface area contributed by atoms with E-state index in [-0.39, 0.29) is 17.9 Å². The molecule has 5 heteroatoms. The SMILES string of the molecule is CCOC(=O)C(O)c1cc(Br)ccc1O. The number of aromatic hydroxyl groups is 1. The Morgan fingerprint density at radius 2 is 2.27 bits per heavy atom. The van der Waals surface area contributed by atoms with Crippen molar-refractivity contribution in [2.24, 2.45) is 0 Å². The second-order valence-corrected chi connectivity index (χ2v) is 3.77. The molecule has 0 heterocycles. The molecular formula is C10H11BrO4. The lowest BCUT2D eigenvalue weighted by Crippen LogP contribution is -2.15. The number of hydrogen-bond donors (Lipinski definition) is 2. The fraction of sp³-hybridized carbons (Fsp3) is 0.300. The number of hydrogen-bond acceptors (Lipinski definition) is 4. The number of phenols is 1. The van der Waals surface area contributed by atoms with Gasteiger partial charge in [0.1, 0.15) is 5.75 Å². The summed E-state index contributed by atoms with van der Waals surface area (Å²) in [7, 11) is 0. The third kappa shape index (κ3) is 2.94. The Hall–Kier alpha value is -1.07. The summed E-state index contributed by atoms with van der Waals surface area (Å²) in [5.74, 6) is -0.912. The summed E-state index contributed by atoms with van der Waals surface area (Å²) in [6, 6.07) is 4.47. The van der Waals surface area contributed by atoms with Crippen LogP contribution in [0.5, 0.6) is 5.75 Å². The second kappa shape index (κ2) is 5.14. The van der Waals surface area contributed by atoms with Crippen LogP contribution in [-0.2, 0) is 9.53 Å². The molecule has 15 heavy (non-hydrogen) atoms. The Balaban J connectivity index is 2.94. The van der Waals surface area contributed by atoms with Crippen molar-refractivity contribution in [1.82, 2.24) is 0 Å². The lowest BCUT2D eigenvalue weighted by molar-refractivity contribution is -0.153. The number of phenolic OH excluding ortho intramolecular Hbond substituents is 1. The quantitative estimate of drug-likeness (QED) is 0.825. The van der Waals surface area contributed by atoms with Crippen molar-refractivity contribution < 1.29 is 19.7 Å². The van der Waals surface area contributed by atoms with Crippen molar-refractivity contribution in [2.75, 3.05) is 6.61 Å². The molecule has 0 aliphatic carbocycles. The molecule has 1 aromatic carbocycles. The molecule has 4 nitrogen and oxygen atoms in total. The highest BCUT2D eigenvalue weighted by Gasteiger charge is 2.21. The van der Waals surface area contributed by atoms with E-state index in [1.54, 1.807) is 13.0 Å². The van der Waals surface area contributed by atoms with E-state index >= 15 is 0 Å². The largest absolute Gasteiger partial charge is 0.508 e. The van der Waals surface area contributed by atoms with E-state index in [0.29, 0.717) is 4.47 Å². The first-order chi connectivity index (χ1) is 7.06. The van der Waals surface area contributed by atoms with E-state index < -0.39 is 12.1 Å². The van der Waals surface area contributed by atoms with Gasteiger partial charge in [-0.1, -0.05) is 15.9 Å². The van der Waals surface area contributed by atoms with Gasteiger partial charge >= 0.3 is 5.97 Å². The fourth-order valence-electron chi connectivity index (χ4n) is 1.09. The van der Waals surface area contributed by atoms with Crippen LogP contribution in [0.3, 0.4) is 0 Å². The number of rotatable bonds is 3. The molecule has 0 aliphatic rings. The van der Waals surface area contributed by atoms with Crippen LogP contribution >= 0.6 is 15.9 Å². The molecule has 0 amide bonds. The number of esters is 1. The maximum absolute atomic E-state index is 11.2. The maximum Gasteiger partial charge on any atom is 0.339 e. The van der Waals surface area contributed by atoms with Crippen LogP contribution in [0.4, 0.5) is 0 Å². The number of carbonyl (C=O) groups is 1. The van der Waals surface area contributed by atoms with Gasteiger partial charge < -0.3 is 14.9 Å². The smallest absolute Gasteiger partial charge is 0.339 e. The van der Waals surface area contributed by atoms with E-state index in [9.17, 15) is 15.0 Å². The predicted molar refractivity (Wildman–Crippen MR) is 57.4 cm³/mol. The summed E-state index contributed by atoms with van der Waals surface area (Å²) in [6.07, 6.45) is -1.46. The van der Waals surface area contributed by atoms with Gasteiger partial charge in [0.25, 0.3) is 0 Å². The third-order valence-electron chi connectivity index (χ3n) is 1.79. The van der Waals surface area contributed by atoms with Crippen molar-refractivity contribution >= 4 is 21.9 Å². The van der Waals surface area contributed by atoms with E-state index in [4.69, 9.17) is 0 Å². The predicted octanol–water partition coefficient (Wildman–Crippen LogP) is 1.75. The van der Waals surface area contributed by atoms with Gasteiger partial charge in [-0.2, -0.15) is 0 Å². The van der Waals surface area contributed by atoms with Crippen LogP contribution in [0.15, 0.2) is 22.7 Å². The first-order valence-electron chi connectivity index (χ1n) is 4.39. The van der Waals surface area contributed by atoms with Crippen LogP contribution < -0.4 is 0 Å². The number of ether oxygens (including phenoxy) is 1. The molecular weight excluding hydrogens is 264 g/mol. The summed E-state index contributed by atoms with van der Waals surface area (Å²) in [4.78, 5) is 11.2. The lowest BCUT2D eigenvalue weighted by atomic mass is 10.1. The van der Waals surface area contributed by atoms with E-state index in [1.807, 2.05) is 0 Å². The molecule has 0 saturated heterocycles. The Morgan fingerprint density at radius 1 is 1.60 bits per heavy atom. The van der Waals surface area contributed by atoms with Crippen molar-refractivity contribution in [3.8, 4) is 5.75 Å². The summed E-state index contributed by atoms with van der Waals surface area (Å²) in [5.41, 5.74) is 0.128. The standard InChI is InChI=1S/C10H11BrO4/c1-2-15-10(14)9(13)7-5-6(11)3-4-8(7)12/h3-5,9,12-13H,2H2,1H3. The topological polar surface area (TPSA) is 66.8 Å². The molecule has 0 spiro atoms. The molecule has 0 aromatic heterocycles. The van der Waals surface area contributed by atoms with Crippen LogP contribution in [0.25, 0.3) is 0 Å². The van der Waals surface area contributed by atoms with Crippen LogP contribution in [0.2, 0.25) is 0 Å². The zero-order valence-electron chi connectivity index (χ0n) is 8.11. The highest BCUT2D eigenvalue weighted by Crippen LogP contribution is 2.28. The van der Waals surface area contributed by atoms with Crippen molar-refractivity contribution in [3.63, 3.8) is 0 Å². The summed E-state index contributed by atoms with van der Waals surface area (Å²) >= 11 is 3.18. The third-order valence-corrected chi connectivity index (χ3v) is 2.29. The van der Waals surface area contributed by atoms with E-state index in [2.05, 4.69) is 20.7 Å². The highest BCUT2D eigenvalue weighted by molar-refractivity contribution is 9.10. The average Bonchev–Trinajstić information content (AvgIpc) is 2.21.